The molecule has 126 valence electrons. The van der Waals surface area contributed by atoms with E-state index in [1.54, 1.807) is 0 Å². The fourth-order valence-electron chi connectivity index (χ4n) is 3.72. The molecular weight excluding hydrogens is 331 g/mol. The highest BCUT2D eigenvalue weighted by Crippen LogP contribution is 2.37. The van der Waals surface area contributed by atoms with Crippen molar-refractivity contribution in [2.45, 2.75) is 25.3 Å². The summed E-state index contributed by atoms with van der Waals surface area (Å²) < 4.78 is 20.8. The molecule has 7 nitrogen and oxygen atoms in total. The van der Waals surface area contributed by atoms with Crippen LogP contribution in [-0.2, 0) is 0 Å². The smallest absolute Gasteiger partial charge is 0.272 e. The molecule has 3 unspecified atom stereocenters. The molecule has 1 aliphatic carbocycles. The highest BCUT2D eigenvalue weighted by molar-refractivity contribution is 6.99. The molecule has 2 aliphatic rings. The van der Waals surface area contributed by atoms with Crippen LogP contribution in [0.4, 0.5) is 10.3 Å². The van der Waals surface area contributed by atoms with Crippen LogP contribution in [0, 0.1) is 17.7 Å². The zero-order valence-electron chi connectivity index (χ0n) is 12.9. The second-order valence-electron chi connectivity index (χ2n) is 6.40. The Labute approximate surface area is 142 Å². The first kappa shape index (κ1) is 15.4. The third-order valence-corrected chi connectivity index (χ3v) is 5.35. The van der Waals surface area contributed by atoms with Gasteiger partial charge in [0.15, 0.2) is 11.5 Å². The Balaban J connectivity index is 1.37. The summed E-state index contributed by atoms with van der Waals surface area (Å²) in [6.45, 7) is 1.74. The predicted molar refractivity (Wildman–Crippen MR) is 86.2 cm³/mol. The van der Waals surface area contributed by atoms with Crippen LogP contribution < -0.4 is 10.2 Å². The number of hydrogen-bond donors (Lipinski definition) is 1. The molecule has 0 spiro atoms. The lowest BCUT2D eigenvalue weighted by atomic mass is 9.79. The summed E-state index contributed by atoms with van der Waals surface area (Å²) in [4.78, 5) is 22.4. The van der Waals surface area contributed by atoms with Gasteiger partial charge in [-0.15, -0.1) is 0 Å². The average molecular weight is 348 g/mol. The van der Waals surface area contributed by atoms with Gasteiger partial charge in [-0.3, -0.25) is 4.79 Å². The summed E-state index contributed by atoms with van der Waals surface area (Å²) in [6, 6.07) is 0.162. The Hall–Kier alpha value is -2.16. The largest absolute Gasteiger partial charge is 0.348 e. The van der Waals surface area contributed by atoms with E-state index in [1.165, 1.54) is 18.6 Å². The number of halogens is 1. The number of carbonyl (C=O) groups excluding carboxylic acids is 1. The molecule has 0 bridgehead atoms. The van der Waals surface area contributed by atoms with Crippen LogP contribution in [0.5, 0.6) is 0 Å². The van der Waals surface area contributed by atoms with Crippen LogP contribution in [0.1, 0.15) is 29.8 Å². The minimum Gasteiger partial charge on any atom is -0.348 e. The number of anilines is 1. The molecule has 1 saturated heterocycles. The van der Waals surface area contributed by atoms with Gasteiger partial charge in [0.1, 0.15) is 0 Å². The Morgan fingerprint density at radius 1 is 1.21 bits per heavy atom. The number of nitrogens with zero attached hydrogens (tertiary/aromatic N) is 5. The van der Waals surface area contributed by atoms with E-state index in [4.69, 9.17) is 0 Å². The van der Waals surface area contributed by atoms with Crippen molar-refractivity contribution in [3.63, 3.8) is 0 Å². The number of fused-ring (bicyclic) bond motifs is 1. The van der Waals surface area contributed by atoms with Crippen molar-refractivity contribution in [3.8, 4) is 0 Å². The van der Waals surface area contributed by atoms with E-state index in [2.05, 4.69) is 28.9 Å². The molecule has 2 aromatic rings. The zero-order valence-corrected chi connectivity index (χ0v) is 13.7. The average Bonchev–Trinajstić information content (AvgIpc) is 3.24. The van der Waals surface area contributed by atoms with Gasteiger partial charge in [0, 0.05) is 19.1 Å². The molecule has 3 heterocycles. The number of rotatable bonds is 3. The Bertz CT molecular complexity index is 709. The van der Waals surface area contributed by atoms with E-state index in [0.717, 1.165) is 44.1 Å². The van der Waals surface area contributed by atoms with Gasteiger partial charge in [-0.05, 0) is 31.1 Å². The SMILES string of the molecule is O=C(NC1CCC2CN(c3ncc(F)cn3)CC2C1)c1cnsn1. The molecule has 1 aliphatic heterocycles. The molecule has 2 fully saturated rings. The van der Waals surface area contributed by atoms with Crippen molar-refractivity contribution in [2.24, 2.45) is 11.8 Å². The summed E-state index contributed by atoms with van der Waals surface area (Å²) in [5, 5.41) is 3.06. The summed E-state index contributed by atoms with van der Waals surface area (Å²) in [5.41, 5.74) is 0.384. The van der Waals surface area contributed by atoms with Gasteiger partial charge in [0.25, 0.3) is 5.91 Å². The second-order valence-corrected chi connectivity index (χ2v) is 6.96. The number of aromatic nitrogens is 4. The first-order chi connectivity index (χ1) is 11.7. The van der Waals surface area contributed by atoms with Gasteiger partial charge in [-0.25, -0.2) is 14.4 Å². The molecule has 0 aromatic carbocycles. The Morgan fingerprint density at radius 3 is 2.75 bits per heavy atom. The molecule has 4 rings (SSSR count). The Kier molecular flexibility index (Phi) is 4.09. The minimum atomic E-state index is -0.422. The summed E-state index contributed by atoms with van der Waals surface area (Å²) in [6.07, 6.45) is 6.86. The van der Waals surface area contributed by atoms with Crippen LogP contribution in [-0.4, -0.2) is 43.8 Å². The summed E-state index contributed by atoms with van der Waals surface area (Å²) >= 11 is 1.04. The van der Waals surface area contributed by atoms with Crippen molar-refractivity contribution in [2.75, 3.05) is 18.0 Å². The van der Waals surface area contributed by atoms with Crippen LogP contribution in [0.2, 0.25) is 0 Å². The lowest BCUT2D eigenvalue weighted by molar-refractivity contribution is 0.0909. The van der Waals surface area contributed by atoms with Gasteiger partial charge < -0.3 is 10.2 Å². The fourth-order valence-corrected chi connectivity index (χ4v) is 4.13. The van der Waals surface area contributed by atoms with Crippen molar-refractivity contribution < 1.29 is 9.18 Å². The fraction of sp³-hybridized carbons (Fsp3) is 0.533. The molecule has 3 atom stereocenters. The maximum atomic E-state index is 13.0. The van der Waals surface area contributed by atoms with Gasteiger partial charge in [-0.2, -0.15) is 8.75 Å². The van der Waals surface area contributed by atoms with E-state index in [1.807, 2.05) is 0 Å². The van der Waals surface area contributed by atoms with E-state index >= 15 is 0 Å². The molecular formula is C15H17FN6OS. The maximum absolute atomic E-state index is 13.0. The van der Waals surface area contributed by atoms with Crippen LogP contribution in [0.3, 0.4) is 0 Å². The Morgan fingerprint density at radius 2 is 2.00 bits per heavy atom. The van der Waals surface area contributed by atoms with Crippen molar-refractivity contribution in [1.82, 2.24) is 24.0 Å². The van der Waals surface area contributed by atoms with E-state index in [0.29, 0.717) is 23.5 Å². The van der Waals surface area contributed by atoms with Gasteiger partial charge in [0.2, 0.25) is 5.95 Å². The first-order valence-corrected chi connectivity index (χ1v) is 8.73. The molecule has 0 radical (unpaired) electrons. The second kappa shape index (κ2) is 6.39. The topological polar surface area (TPSA) is 83.9 Å². The van der Waals surface area contributed by atoms with Crippen LogP contribution in [0.25, 0.3) is 0 Å². The third kappa shape index (κ3) is 3.08. The minimum absolute atomic E-state index is 0.149. The lowest BCUT2D eigenvalue weighted by Gasteiger charge is -2.31. The molecule has 9 heteroatoms. The van der Waals surface area contributed by atoms with E-state index in [-0.39, 0.29) is 11.9 Å². The number of amides is 1. The monoisotopic (exact) mass is 348 g/mol. The molecule has 2 aromatic heterocycles. The van der Waals surface area contributed by atoms with Crippen molar-refractivity contribution in [1.29, 1.82) is 0 Å². The highest BCUT2D eigenvalue weighted by atomic mass is 32.1. The molecule has 1 saturated carbocycles. The molecule has 1 N–H and O–H groups in total. The third-order valence-electron chi connectivity index (χ3n) is 4.87. The van der Waals surface area contributed by atoms with Gasteiger partial charge in [0.05, 0.1) is 30.3 Å². The quantitative estimate of drug-likeness (QED) is 0.905. The van der Waals surface area contributed by atoms with Gasteiger partial charge >= 0.3 is 0 Å². The number of carbonyl (C=O) groups is 1. The lowest BCUT2D eigenvalue weighted by Crippen LogP contribution is -2.40. The van der Waals surface area contributed by atoms with Crippen LogP contribution in [0.15, 0.2) is 18.6 Å². The summed E-state index contributed by atoms with van der Waals surface area (Å²) in [5.74, 6) is 1.08. The van der Waals surface area contributed by atoms with Crippen molar-refractivity contribution in [3.05, 3.63) is 30.1 Å². The first-order valence-electron chi connectivity index (χ1n) is 8.00. The molecule has 1 amide bonds. The standard InChI is InChI=1S/C15H17FN6OS/c16-11-4-17-15(18-5-11)22-7-9-1-2-12(3-10(9)8-22)20-14(23)13-6-19-24-21-13/h4-6,9-10,12H,1-3,7-8H2,(H,20,23). The van der Waals surface area contributed by atoms with Crippen LogP contribution >= 0.6 is 11.7 Å². The zero-order chi connectivity index (χ0) is 16.5. The van der Waals surface area contributed by atoms with Gasteiger partial charge in [-0.1, -0.05) is 0 Å². The predicted octanol–water partition coefficient (Wildman–Crippen LogP) is 1.50. The normalized spacial score (nSPS) is 26.2. The number of nitrogens with one attached hydrogen (secondary N) is 1. The van der Waals surface area contributed by atoms with E-state index in [9.17, 15) is 9.18 Å². The van der Waals surface area contributed by atoms with E-state index < -0.39 is 5.82 Å². The number of hydrogen-bond acceptors (Lipinski definition) is 7. The summed E-state index contributed by atoms with van der Waals surface area (Å²) in [7, 11) is 0. The van der Waals surface area contributed by atoms with Crippen molar-refractivity contribution >= 4 is 23.6 Å². The maximum Gasteiger partial charge on any atom is 0.272 e. The molecule has 24 heavy (non-hydrogen) atoms. The highest BCUT2D eigenvalue weighted by Gasteiger charge is 2.39.